The van der Waals surface area contributed by atoms with Crippen LogP contribution in [0.15, 0.2) is 35.3 Å². The number of hydrogen-bond acceptors (Lipinski definition) is 2. The fourth-order valence-corrected chi connectivity index (χ4v) is 2.26. The van der Waals surface area contributed by atoms with Crippen molar-refractivity contribution in [2.45, 2.75) is 46.5 Å². The van der Waals surface area contributed by atoms with Gasteiger partial charge >= 0.3 is 5.97 Å². The normalized spacial score (nSPS) is 13.9. The Hall–Kier alpha value is -0.536. The zero-order chi connectivity index (χ0) is 15.0. The maximum atomic E-state index is 11.2. The van der Waals surface area contributed by atoms with Gasteiger partial charge in [0.1, 0.15) is 0 Å². The van der Waals surface area contributed by atoms with E-state index in [9.17, 15) is 9.90 Å². The Morgan fingerprint density at radius 3 is 2.29 bits per heavy atom. The Morgan fingerprint density at radius 2 is 1.76 bits per heavy atom. The molecule has 1 radical (unpaired) electrons. The summed E-state index contributed by atoms with van der Waals surface area (Å²) in [6.45, 7) is 5.74. The van der Waals surface area contributed by atoms with Crippen molar-refractivity contribution in [1.82, 2.24) is 0 Å². The molecule has 1 aliphatic carbocycles. The van der Waals surface area contributed by atoms with E-state index in [1.807, 2.05) is 38.1 Å². The first-order valence-electron chi connectivity index (χ1n) is 7.28. The smallest absolute Gasteiger partial charge is 0.336 e. The largest absolute Gasteiger partial charge is 0.478 e. The summed E-state index contributed by atoms with van der Waals surface area (Å²) in [6, 6.07) is 7.44. The molecule has 4 heteroatoms. The molecule has 0 aliphatic heterocycles. The molecule has 1 aliphatic rings. The van der Waals surface area contributed by atoms with Gasteiger partial charge in [-0.2, -0.15) is 0 Å². The summed E-state index contributed by atoms with van der Waals surface area (Å²) in [7, 11) is 0. The quantitative estimate of drug-likeness (QED) is 0.720. The van der Waals surface area contributed by atoms with Crippen molar-refractivity contribution in [3.63, 3.8) is 0 Å². The molecule has 0 atom stereocenters. The molecule has 1 N–H and O–H groups in total. The molecule has 3 nitrogen and oxygen atoms in total. The van der Waals surface area contributed by atoms with Crippen LogP contribution >= 0.6 is 0 Å². The summed E-state index contributed by atoms with van der Waals surface area (Å²) in [5, 5.41) is 9.20. The Morgan fingerprint density at radius 1 is 1.19 bits per heavy atom. The molecule has 0 unspecified atom stereocenters. The summed E-state index contributed by atoms with van der Waals surface area (Å²) in [5.74, 6) is -0.906. The SMILES string of the molecule is CC.CC=C(C(=O)O)c1ccccc1N=C1CCCC1.[Pr]. The topological polar surface area (TPSA) is 49.7 Å². The van der Waals surface area contributed by atoms with Crippen molar-refractivity contribution in [3.8, 4) is 0 Å². The van der Waals surface area contributed by atoms with Gasteiger partial charge in [-0.1, -0.05) is 38.1 Å². The second-order valence-corrected chi connectivity index (χ2v) is 4.41. The van der Waals surface area contributed by atoms with Gasteiger partial charge in [0.2, 0.25) is 0 Å². The van der Waals surface area contributed by atoms with Crippen molar-refractivity contribution >= 4 is 22.9 Å². The molecule has 0 amide bonds. The zero-order valence-electron chi connectivity index (χ0n) is 13.1. The summed E-state index contributed by atoms with van der Waals surface area (Å²) in [5.41, 5.74) is 2.97. The molecule has 1 fully saturated rings. The van der Waals surface area contributed by atoms with E-state index in [4.69, 9.17) is 0 Å². The molecule has 2 rings (SSSR count). The minimum absolute atomic E-state index is 0. The first-order chi connectivity index (χ1) is 9.72. The number of aliphatic imine (C=N–C) groups is 1. The molecule has 0 aromatic heterocycles. The number of hydrogen-bond donors (Lipinski definition) is 1. The standard InChI is InChI=1S/C15H17NO2.C2H6.Pr/c1-2-12(15(17)18)13-9-5-6-10-14(13)16-11-7-3-4-8-11;1-2;/h2,5-6,9-10H,3-4,7-8H2,1H3,(H,17,18);1-2H3;. The van der Waals surface area contributed by atoms with Crippen molar-refractivity contribution < 1.29 is 51.2 Å². The molecule has 21 heavy (non-hydrogen) atoms. The fraction of sp³-hybridized carbons (Fsp3) is 0.412. The second-order valence-electron chi connectivity index (χ2n) is 4.41. The number of carbonyl (C=O) groups is 1. The van der Waals surface area contributed by atoms with E-state index in [1.54, 1.807) is 13.0 Å². The van der Waals surface area contributed by atoms with Crippen LogP contribution in [0.1, 0.15) is 52.0 Å². The minimum atomic E-state index is -0.906. The molecule has 0 spiro atoms. The van der Waals surface area contributed by atoms with Gasteiger partial charge < -0.3 is 5.11 Å². The van der Waals surface area contributed by atoms with Crippen LogP contribution < -0.4 is 0 Å². The van der Waals surface area contributed by atoms with Gasteiger partial charge in [0.15, 0.2) is 0 Å². The van der Waals surface area contributed by atoms with Crippen molar-refractivity contribution in [1.29, 1.82) is 0 Å². The van der Waals surface area contributed by atoms with Gasteiger partial charge in [-0.3, -0.25) is 4.99 Å². The number of carboxylic acids is 1. The average Bonchev–Trinajstić information content (AvgIpc) is 2.96. The first kappa shape index (κ1) is 20.5. The number of aliphatic carboxylic acids is 1. The van der Waals surface area contributed by atoms with E-state index in [0.29, 0.717) is 11.1 Å². The third kappa shape index (κ3) is 6.00. The number of rotatable bonds is 3. The van der Waals surface area contributed by atoms with Crippen LogP contribution in [-0.4, -0.2) is 16.8 Å². The predicted molar refractivity (Wildman–Crippen MR) is 84.6 cm³/mol. The molecule has 111 valence electrons. The monoisotopic (exact) mass is 414 g/mol. The summed E-state index contributed by atoms with van der Waals surface area (Å²) >= 11 is 0. The Bertz CT molecular complexity index is 513. The first-order valence-corrected chi connectivity index (χ1v) is 7.28. The van der Waals surface area contributed by atoms with E-state index in [2.05, 4.69) is 4.99 Å². The van der Waals surface area contributed by atoms with Crippen molar-refractivity contribution in [3.05, 3.63) is 35.9 Å². The zero-order valence-corrected chi connectivity index (χ0v) is 16.8. The fourth-order valence-electron chi connectivity index (χ4n) is 2.26. The third-order valence-electron chi connectivity index (χ3n) is 3.17. The van der Waals surface area contributed by atoms with Crippen LogP contribution in [-0.2, 0) is 4.79 Å². The van der Waals surface area contributed by atoms with Crippen LogP contribution in [0.4, 0.5) is 5.69 Å². The number of allylic oxidation sites excluding steroid dienone is 1. The van der Waals surface area contributed by atoms with Gasteiger partial charge in [0.25, 0.3) is 0 Å². The number of para-hydroxylation sites is 1. The van der Waals surface area contributed by atoms with Crippen LogP contribution in [0.25, 0.3) is 5.57 Å². The summed E-state index contributed by atoms with van der Waals surface area (Å²) in [4.78, 5) is 15.8. The molecule has 1 aromatic carbocycles. The minimum Gasteiger partial charge on any atom is -0.478 e. The van der Waals surface area contributed by atoms with Gasteiger partial charge in [0, 0.05) is 52.6 Å². The second kappa shape index (κ2) is 11.1. The van der Waals surface area contributed by atoms with Crippen molar-refractivity contribution in [2.24, 2.45) is 4.99 Å². The molecule has 0 bridgehead atoms. The number of nitrogens with zero attached hydrogens (tertiary/aromatic N) is 1. The molecule has 0 saturated heterocycles. The van der Waals surface area contributed by atoms with Crippen LogP contribution in [0.2, 0.25) is 0 Å². The summed E-state index contributed by atoms with van der Waals surface area (Å²) in [6.07, 6.45) is 6.07. The molecule has 1 aromatic rings. The van der Waals surface area contributed by atoms with Crippen LogP contribution in [0.3, 0.4) is 0 Å². The molecule has 1 saturated carbocycles. The van der Waals surface area contributed by atoms with E-state index >= 15 is 0 Å². The van der Waals surface area contributed by atoms with E-state index < -0.39 is 5.97 Å². The van der Waals surface area contributed by atoms with E-state index in [-0.39, 0.29) is 41.3 Å². The predicted octanol–water partition coefficient (Wildman–Crippen LogP) is 4.85. The molecule has 0 heterocycles. The Balaban J connectivity index is 0.00000128. The Kier molecular flexibility index (Phi) is 10.8. The maximum absolute atomic E-state index is 11.2. The van der Waals surface area contributed by atoms with E-state index in [1.165, 1.54) is 18.6 Å². The van der Waals surface area contributed by atoms with Gasteiger partial charge in [0.05, 0.1) is 11.3 Å². The van der Waals surface area contributed by atoms with Gasteiger partial charge in [-0.15, -0.1) is 0 Å². The average molecular weight is 414 g/mol. The number of benzene rings is 1. The molecular formula is C17H23NO2Pr. The number of carboxylic acid groups (broad SMARTS) is 1. The summed E-state index contributed by atoms with van der Waals surface area (Å²) < 4.78 is 0. The molecular weight excluding hydrogens is 391 g/mol. The van der Waals surface area contributed by atoms with Gasteiger partial charge in [-0.05, 0) is 38.7 Å². The van der Waals surface area contributed by atoms with E-state index in [0.717, 1.165) is 18.5 Å². The van der Waals surface area contributed by atoms with Crippen molar-refractivity contribution in [2.75, 3.05) is 0 Å². The van der Waals surface area contributed by atoms with Crippen LogP contribution in [0.5, 0.6) is 0 Å². The Labute approximate surface area is 160 Å². The van der Waals surface area contributed by atoms with Crippen LogP contribution in [0, 0.1) is 41.3 Å². The third-order valence-corrected chi connectivity index (χ3v) is 3.17. The maximum Gasteiger partial charge on any atom is 0.336 e. The van der Waals surface area contributed by atoms with Gasteiger partial charge in [-0.25, -0.2) is 4.79 Å².